The van der Waals surface area contributed by atoms with Crippen molar-refractivity contribution < 1.29 is 18.4 Å². The molecular formula is C22H23FN4O3. The summed E-state index contributed by atoms with van der Waals surface area (Å²) < 4.78 is 24.2. The van der Waals surface area contributed by atoms with Crippen LogP contribution in [0.25, 0.3) is 11.5 Å². The van der Waals surface area contributed by atoms with Crippen LogP contribution in [0.5, 0.6) is 0 Å². The van der Waals surface area contributed by atoms with E-state index in [1.807, 2.05) is 26.0 Å². The number of hydrogen-bond acceptors (Lipinski definition) is 5. The first kappa shape index (κ1) is 20.0. The molecule has 1 saturated heterocycles. The number of anilines is 1. The zero-order valence-corrected chi connectivity index (χ0v) is 16.8. The average molecular weight is 410 g/mol. The summed E-state index contributed by atoms with van der Waals surface area (Å²) in [6.07, 6.45) is -0.278. The Hall–Kier alpha value is -3.26. The van der Waals surface area contributed by atoms with Crippen molar-refractivity contribution in [3.8, 4) is 11.5 Å². The lowest BCUT2D eigenvalue weighted by Crippen LogP contribution is -2.44. The number of aromatic nitrogens is 2. The number of carbonyl (C=O) groups excluding carboxylic acids is 1. The molecule has 2 amide bonds. The number of rotatable bonds is 4. The number of ether oxygens (including phenoxy) is 1. The SMILES string of the molecule is CC(C)c1noc(-c2ccc(NC(=O)N3CCOC(c4ccc(F)cc4)C3)cc2)n1. The molecule has 1 fully saturated rings. The van der Waals surface area contributed by atoms with Crippen LogP contribution in [0, 0.1) is 5.82 Å². The number of halogens is 1. The van der Waals surface area contributed by atoms with E-state index in [2.05, 4.69) is 15.5 Å². The first-order chi connectivity index (χ1) is 14.5. The molecule has 0 radical (unpaired) electrons. The van der Waals surface area contributed by atoms with Gasteiger partial charge in [0.1, 0.15) is 11.9 Å². The topological polar surface area (TPSA) is 80.5 Å². The van der Waals surface area contributed by atoms with Crippen LogP contribution in [0.3, 0.4) is 0 Å². The van der Waals surface area contributed by atoms with Crippen molar-refractivity contribution in [2.24, 2.45) is 0 Å². The fourth-order valence-electron chi connectivity index (χ4n) is 3.20. The van der Waals surface area contributed by atoms with Crippen molar-refractivity contribution in [1.82, 2.24) is 15.0 Å². The molecule has 2 aromatic carbocycles. The number of urea groups is 1. The van der Waals surface area contributed by atoms with Crippen molar-refractivity contribution in [3.63, 3.8) is 0 Å². The van der Waals surface area contributed by atoms with Crippen molar-refractivity contribution in [1.29, 1.82) is 0 Å². The highest BCUT2D eigenvalue weighted by Crippen LogP contribution is 2.24. The summed E-state index contributed by atoms with van der Waals surface area (Å²) in [6.45, 7) is 5.31. The second-order valence-corrected chi connectivity index (χ2v) is 7.48. The van der Waals surface area contributed by atoms with E-state index in [0.29, 0.717) is 37.1 Å². The minimum atomic E-state index is -0.298. The van der Waals surface area contributed by atoms with Gasteiger partial charge in [-0.05, 0) is 42.0 Å². The second kappa shape index (κ2) is 8.62. The van der Waals surface area contributed by atoms with Crippen LogP contribution in [0.2, 0.25) is 0 Å². The number of hydrogen-bond donors (Lipinski definition) is 1. The van der Waals surface area contributed by atoms with Gasteiger partial charge in [0.25, 0.3) is 5.89 Å². The molecule has 1 aliphatic heterocycles. The van der Waals surface area contributed by atoms with Crippen LogP contribution in [0.15, 0.2) is 53.1 Å². The summed E-state index contributed by atoms with van der Waals surface area (Å²) in [6, 6.07) is 13.2. The minimum Gasteiger partial charge on any atom is -0.370 e. The summed E-state index contributed by atoms with van der Waals surface area (Å²) in [4.78, 5) is 18.8. The summed E-state index contributed by atoms with van der Waals surface area (Å²) in [5.74, 6) is 0.999. The van der Waals surface area contributed by atoms with Gasteiger partial charge in [-0.25, -0.2) is 9.18 Å². The van der Waals surface area contributed by atoms with E-state index in [-0.39, 0.29) is 23.9 Å². The molecule has 0 spiro atoms. The zero-order chi connectivity index (χ0) is 21.1. The molecule has 1 aliphatic rings. The fourth-order valence-corrected chi connectivity index (χ4v) is 3.20. The van der Waals surface area contributed by atoms with Gasteiger partial charge < -0.3 is 19.5 Å². The Morgan fingerprint density at radius 1 is 1.17 bits per heavy atom. The van der Waals surface area contributed by atoms with E-state index in [4.69, 9.17) is 9.26 Å². The van der Waals surface area contributed by atoms with Gasteiger partial charge in [-0.3, -0.25) is 0 Å². The zero-order valence-electron chi connectivity index (χ0n) is 16.8. The molecule has 0 saturated carbocycles. The Bertz CT molecular complexity index is 1000. The molecule has 1 unspecified atom stereocenters. The predicted octanol–water partition coefficient (Wildman–Crippen LogP) is 4.60. The molecule has 1 aromatic heterocycles. The number of carbonyl (C=O) groups is 1. The van der Waals surface area contributed by atoms with E-state index in [1.165, 1.54) is 12.1 Å². The minimum absolute atomic E-state index is 0.188. The summed E-state index contributed by atoms with van der Waals surface area (Å²) in [7, 11) is 0. The Morgan fingerprint density at radius 2 is 1.90 bits per heavy atom. The monoisotopic (exact) mass is 410 g/mol. The molecule has 0 bridgehead atoms. The average Bonchev–Trinajstić information content (AvgIpc) is 3.26. The van der Waals surface area contributed by atoms with Gasteiger partial charge in [-0.15, -0.1) is 0 Å². The van der Waals surface area contributed by atoms with Crippen molar-refractivity contribution in [2.75, 3.05) is 25.0 Å². The van der Waals surface area contributed by atoms with Gasteiger partial charge in [0, 0.05) is 23.7 Å². The molecule has 4 rings (SSSR count). The van der Waals surface area contributed by atoms with E-state index in [0.717, 1.165) is 11.1 Å². The summed E-state index contributed by atoms with van der Waals surface area (Å²) >= 11 is 0. The van der Waals surface area contributed by atoms with Crippen molar-refractivity contribution in [2.45, 2.75) is 25.9 Å². The maximum atomic E-state index is 13.1. The lowest BCUT2D eigenvalue weighted by Gasteiger charge is -2.33. The van der Waals surface area contributed by atoms with Crippen molar-refractivity contribution >= 4 is 11.7 Å². The number of nitrogens with zero attached hydrogens (tertiary/aromatic N) is 3. The predicted molar refractivity (Wildman–Crippen MR) is 110 cm³/mol. The maximum absolute atomic E-state index is 13.1. The van der Waals surface area contributed by atoms with Crippen molar-refractivity contribution in [3.05, 3.63) is 65.7 Å². The van der Waals surface area contributed by atoms with Crippen LogP contribution in [-0.2, 0) is 4.74 Å². The van der Waals surface area contributed by atoms with Gasteiger partial charge >= 0.3 is 6.03 Å². The summed E-state index contributed by atoms with van der Waals surface area (Å²) in [5.41, 5.74) is 2.30. The first-order valence-corrected chi connectivity index (χ1v) is 9.86. The largest absolute Gasteiger partial charge is 0.370 e. The smallest absolute Gasteiger partial charge is 0.322 e. The molecule has 30 heavy (non-hydrogen) atoms. The number of nitrogens with one attached hydrogen (secondary N) is 1. The van der Waals surface area contributed by atoms with Gasteiger partial charge in [-0.2, -0.15) is 4.98 Å². The first-order valence-electron chi connectivity index (χ1n) is 9.86. The Morgan fingerprint density at radius 3 is 2.57 bits per heavy atom. The molecule has 1 N–H and O–H groups in total. The third kappa shape index (κ3) is 4.49. The standard InChI is InChI=1S/C22H23FN4O3/c1-14(2)20-25-21(30-26-20)16-5-9-18(10-6-16)24-22(28)27-11-12-29-19(13-27)15-3-7-17(23)8-4-15/h3-10,14,19H,11-13H2,1-2H3,(H,24,28). The Balaban J connectivity index is 1.38. The number of amides is 2. The lowest BCUT2D eigenvalue weighted by atomic mass is 10.1. The quantitative estimate of drug-likeness (QED) is 0.680. The molecule has 1 atom stereocenters. The Labute approximate surface area is 173 Å². The van der Waals surface area contributed by atoms with Gasteiger partial charge in [0.2, 0.25) is 0 Å². The third-order valence-corrected chi connectivity index (χ3v) is 4.94. The van der Waals surface area contributed by atoms with Crippen LogP contribution in [-0.4, -0.2) is 40.8 Å². The molecule has 8 heteroatoms. The lowest BCUT2D eigenvalue weighted by molar-refractivity contribution is -0.0135. The van der Waals surface area contributed by atoms with Gasteiger partial charge in [-0.1, -0.05) is 31.1 Å². The third-order valence-electron chi connectivity index (χ3n) is 4.94. The highest BCUT2D eigenvalue weighted by Gasteiger charge is 2.25. The van der Waals surface area contributed by atoms with Crippen LogP contribution in [0.1, 0.15) is 37.3 Å². The maximum Gasteiger partial charge on any atom is 0.322 e. The van der Waals surface area contributed by atoms with E-state index in [1.54, 1.807) is 29.2 Å². The molecule has 7 nitrogen and oxygen atoms in total. The van der Waals surface area contributed by atoms with Crippen LogP contribution >= 0.6 is 0 Å². The number of morpholine rings is 1. The van der Waals surface area contributed by atoms with E-state index in [9.17, 15) is 9.18 Å². The van der Waals surface area contributed by atoms with Gasteiger partial charge in [0.15, 0.2) is 5.82 Å². The van der Waals surface area contributed by atoms with E-state index < -0.39 is 0 Å². The van der Waals surface area contributed by atoms with Crippen LogP contribution < -0.4 is 5.32 Å². The highest BCUT2D eigenvalue weighted by atomic mass is 19.1. The molecule has 156 valence electrons. The van der Waals surface area contributed by atoms with E-state index >= 15 is 0 Å². The fraction of sp³-hybridized carbons (Fsp3) is 0.318. The molecule has 2 heterocycles. The summed E-state index contributed by atoms with van der Waals surface area (Å²) in [5, 5.41) is 6.87. The molecule has 3 aromatic rings. The normalized spacial score (nSPS) is 16.7. The highest BCUT2D eigenvalue weighted by molar-refractivity contribution is 5.89. The second-order valence-electron chi connectivity index (χ2n) is 7.48. The van der Waals surface area contributed by atoms with Gasteiger partial charge in [0.05, 0.1) is 13.2 Å². The molecular weight excluding hydrogens is 387 g/mol. The van der Waals surface area contributed by atoms with Crippen LogP contribution in [0.4, 0.5) is 14.9 Å². The number of benzene rings is 2. The molecule has 0 aliphatic carbocycles. The Kier molecular flexibility index (Phi) is 5.76.